The van der Waals surface area contributed by atoms with Crippen LogP contribution >= 0.6 is 0 Å². The first-order valence-corrected chi connectivity index (χ1v) is 6.44. The van der Waals surface area contributed by atoms with Gasteiger partial charge < -0.3 is 10.1 Å². The van der Waals surface area contributed by atoms with Gasteiger partial charge in [0, 0.05) is 37.0 Å². The van der Waals surface area contributed by atoms with Crippen molar-refractivity contribution in [1.29, 1.82) is 0 Å². The Morgan fingerprint density at radius 1 is 1.28 bits per heavy atom. The van der Waals surface area contributed by atoms with Crippen LogP contribution < -0.4 is 5.32 Å². The zero-order valence-electron chi connectivity index (χ0n) is 11.0. The Labute approximate surface area is 108 Å². The minimum absolute atomic E-state index is 0.351. The first-order valence-electron chi connectivity index (χ1n) is 6.44. The summed E-state index contributed by atoms with van der Waals surface area (Å²) in [5.74, 6) is 0. The lowest BCUT2D eigenvalue weighted by Crippen LogP contribution is -2.30. The molecule has 96 valence electrons. The van der Waals surface area contributed by atoms with Crippen molar-refractivity contribution in [2.75, 3.05) is 13.2 Å². The largest absolute Gasteiger partial charge is 0.380 e. The summed E-state index contributed by atoms with van der Waals surface area (Å²) < 4.78 is 5.39. The lowest BCUT2D eigenvalue weighted by atomic mass is 10.1. The van der Waals surface area contributed by atoms with Gasteiger partial charge in [0.2, 0.25) is 0 Å². The molecule has 1 N–H and O–H groups in total. The number of ether oxygens (including phenoxy) is 1. The van der Waals surface area contributed by atoms with E-state index < -0.39 is 0 Å². The number of aromatic nitrogens is 1. The second-order valence-electron chi connectivity index (χ2n) is 4.46. The second kappa shape index (κ2) is 6.47. The minimum Gasteiger partial charge on any atom is -0.380 e. The maximum absolute atomic E-state index is 5.39. The number of pyridine rings is 1. The molecule has 1 aromatic heterocycles. The summed E-state index contributed by atoms with van der Waals surface area (Å²) in [7, 11) is 0. The van der Waals surface area contributed by atoms with Crippen molar-refractivity contribution in [3.8, 4) is 0 Å². The van der Waals surface area contributed by atoms with Gasteiger partial charge in [-0.15, -0.1) is 0 Å². The molecule has 2 aromatic rings. The van der Waals surface area contributed by atoms with Gasteiger partial charge in [-0.2, -0.15) is 0 Å². The smallest absolute Gasteiger partial charge is 0.0616 e. The molecule has 0 fully saturated rings. The van der Waals surface area contributed by atoms with E-state index in [0.29, 0.717) is 6.04 Å². The van der Waals surface area contributed by atoms with Crippen LogP contribution in [0.15, 0.2) is 36.7 Å². The van der Waals surface area contributed by atoms with Crippen LogP contribution in [-0.4, -0.2) is 24.2 Å². The maximum Gasteiger partial charge on any atom is 0.0616 e. The lowest BCUT2D eigenvalue weighted by Gasteiger charge is -2.14. The van der Waals surface area contributed by atoms with Gasteiger partial charge in [-0.3, -0.25) is 4.98 Å². The number of rotatable bonds is 6. The van der Waals surface area contributed by atoms with Gasteiger partial charge >= 0.3 is 0 Å². The van der Waals surface area contributed by atoms with Crippen LogP contribution in [0.3, 0.4) is 0 Å². The van der Waals surface area contributed by atoms with E-state index in [1.165, 1.54) is 16.3 Å². The Morgan fingerprint density at radius 2 is 2.11 bits per heavy atom. The van der Waals surface area contributed by atoms with Crippen molar-refractivity contribution in [2.24, 2.45) is 0 Å². The van der Waals surface area contributed by atoms with Crippen LogP contribution in [-0.2, 0) is 11.3 Å². The van der Waals surface area contributed by atoms with Crippen LogP contribution in [0.5, 0.6) is 0 Å². The lowest BCUT2D eigenvalue weighted by molar-refractivity contribution is 0.127. The fourth-order valence-corrected chi connectivity index (χ4v) is 1.96. The van der Waals surface area contributed by atoms with Crippen molar-refractivity contribution in [3.63, 3.8) is 0 Å². The van der Waals surface area contributed by atoms with Gasteiger partial charge in [0.05, 0.1) is 6.61 Å². The Hall–Kier alpha value is -1.45. The Bertz CT molecular complexity index is 493. The number of nitrogens with zero attached hydrogens (tertiary/aromatic N) is 1. The molecule has 0 bridgehead atoms. The van der Waals surface area contributed by atoms with Gasteiger partial charge in [0.1, 0.15) is 0 Å². The summed E-state index contributed by atoms with van der Waals surface area (Å²) in [6, 6.07) is 8.69. The molecule has 3 heteroatoms. The highest BCUT2D eigenvalue weighted by Gasteiger charge is 2.04. The topological polar surface area (TPSA) is 34.1 Å². The molecule has 1 aromatic carbocycles. The molecular weight excluding hydrogens is 224 g/mol. The standard InChI is InChI=1S/C15H20N2O/c1-3-18-11-12(2)17-10-14-9-16-8-13-6-4-5-7-15(13)14/h4-9,12,17H,3,10-11H2,1-2H3. The molecule has 0 aliphatic rings. The summed E-state index contributed by atoms with van der Waals surface area (Å²) in [5.41, 5.74) is 1.23. The molecule has 1 unspecified atom stereocenters. The van der Waals surface area contributed by atoms with Crippen molar-refractivity contribution >= 4 is 10.8 Å². The Balaban J connectivity index is 2.03. The van der Waals surface area contributed by atoms with Crippen LogP contribution in [0.2, 0.25) is 0 Å². The van der Waals surface area contributed by atoms with E-state index in [1.807, 2.05) is 25.4 Å². The maximum atomic E-state index is 5.39. The molecule has 0 aliphatic carbocycles. The third-order valence-electron chi connectivity index (χ3n) is 2.96. The quantitative estimate of drug-likeness (QED) is 0.848. The van der Waals surface area contributed by atoms with Gasteiger partial charge in [0.15, 0.2) is 0 Å². The molecule has 0 saturated heterocycles. The van der Waals surface area contributed by atoms with Crippen molar-refractivity contribution < 1.29 is 4.74 Å². The molecule has 18 heavy (non-hydrogen) atoms. The van der Waals surface area contributed by atoms with E-state index in [9.17, 15) is 0 Å². The molecule has 1 heterocycles. The number of hydrogen-bond donors (Lipinski definition) is 1. The summed E-state index contributed by atoms with van der Waals surface area (Å²) in [6.45, 7) is 6.48. The highest BCUT2D eigenvalue weighted by Crippen LogP contribution is 2.16. The first-order chi connectivity index (χ1) is 8.81. The molecular formula is C15H20N2O. The number of fused-ring (bicyclic) bond motifs is 1. The van der Waals surface area contributed by atoms with E-state index in [1.54, 1.807) is 0 Å². The van der Waals surface area contributed by atoms with Gasteiger partial charge in [0.25, 0.3) is 0 Å². The SMILES string of the molecule is CCOCC(C)NCc1cncc2ccccc12. The fourth-order valence-electron chi connectivity index (χ4n) is 1.96. The zero-order chi connectivity index (χ0) is 12.8. The van der Waals surface area contributed by atoms with Gasteiger partial charge in [-0.1, -0.05) is 24.3 Å². The highest BCUT2D eigenvalue weighted by molar-refractivity contribution is 5.84. The van der Waals surface area contributed by atoms with E-state index in [4.69, 9.17) is 4.74 Å². The third-order valence-corrected chi connectivity index (χ3v) is 2.96. The Morgan fingerprint density at radius 3 is 2.94 bits per heavy atom. The van der Waals surface area contributed by atoms with E-state index in [2.05, 4.69) is 35.4 Å². The minimum atomic E-state index is 0.351. The molecule has 0 aliphatic heterocycles. The van der Waals surface area contributed by atoms with Crippen LogP contribution in [0.25, 0.3) is 10.8 Å². The Kier molecular flexibility index (Phi) is 4.67. The van der Waals surface area contributed by atoms with Crippen LogP contribution in [0, 0.1) is 0 Å². The van der Waals surface area contributed by atoms with Crippen LogP contribution in [0.1, 0.15) is 19.4 Å². The molecule has 0 radical (unpaired) electrons. The fraction of sp³-hybridized carbons (Fsp3) is 0.400. The molecule has 2 rings (SSSR count). The van der Waals surface area contributed by atoms with Crippen molar-refractivity contribution in [3.05, 3.63) is 42.2 Å². The summed E-state index contributed by atoms with van der Waals surface area (Å²) >= 11 is 0. The summed E-state index contributed by atoms with van der Waals surface area (Å²) in [6.07, 6.45) is 3.84. The number of benzene rings is 1. The summed E-state index contributed by atoms with van der Waals surface area (Å²) in [5, 5.41) is 5.92. The third kappa shape index (κ3) is 3.28. The normalized spacial score (nSPS) is 12.8. The highest BCUT2D eigenvalue weighted by atomic mass is 16.5. The molecule has 0 saturated carbocycles. The average molecular weight is 244 g/mol. The first kappa shape index (κ1) is 13.0. The monoisotopic (exact) mass is 244 g/mol. The molecule has 3 nitrogen and oxygen atoms in total. The van der Waals surface area contributed by atoms with Gasteiger partial charge in [-0.25, -0.2) is 0 Å². The molecule has 1 atom stereocenters. The second-order valence-corrected chi connectivity index (χ2v) is 4.46. The number of hydrogen-bond acceptors (Lipinski definition) is 3. The zero-order valence-corrected chi connectivity index (χ0v) is 11.0. The molecule has 0 amide bonds. The van der Waals surface area contributed by atoms with Gasteiger partial charge in [-0.05, 0) is 24.8 Å². The average Bonchev–Trinajstić information content (AvgIpc) is 2.42. The molecule has 0 spiro atoms. The van der Waals surface area contributed by atoms with Crippen molar-refractivity contribution in [1.82, 2.24) is 10.3 Å². The van der Waals surface area contributed by atoms with E-state index in [0.717, 1.165) is 19.8 Å². The van der Waals surface area contributed by atoms with E-state index in [-0.39, 0.29) is 0 Å². The predicted octanol–water partition coefficient (Wildman–Crippen LogP) is 2.75. The van der Waals surface area contributed by atoms with Crippen LogP contribution in [0.4, 0.5) is 0 Å². The number of nitrogens with one attached hydrogen (secondary N) is 1. The van der Waals surface area contributed by atoms with Crippen molar-refractivity contribution in [2.45, 2.75) is 26.4 Å². The predicted molar refractivity (Wildman–Crippen MR) is 74.5 cm³/mol. The van der Waals surface area contributed by atoms with E-state index >= 15 is 0 Å². The summed E-state index contributed by atoms with van der Waals surface area (Å²) in [4.78, 5) is 4.28.